The highest BCUT2D eigenvalue weighted by atomic mass is 19.1. The summed E-state index contributed by atoms with van der Waals surface area (Å²) in [5.74, 6) is -1.28. The third kappa shape index (κ3) is 3.90. The Bertz CT molecular complexity index is 564. The Balaban J connectivity index is 2.11. The highest BCUT2D eigenvalue weighted by Crippen LogP contribution is 2.34. The Morgan fingerprint density at radius 2 is 2.14 bits per heavy atom. The van der Waals surface area contributed by atoms with Gasteiger partial charge in [0.1, 0.15) is 17.7 Å². The number of hydrogen-bond acceptors (Lipinski definition) is 2. The predicted molar refractivity (Wildman–Crippen MR) is 77.6 cm³/mol. The summed E-state index contributed by atoms with van der Waals surface area (Å²) in [6.07, 6.45) is 3.00. The van der Waals surface area contributed by atoms with E-state index < -0.39 is 11.6 Å². The van der Waals surface area contributed by atoms with Crippen LogP contribution < -0.4 is 0 Å². The van der Waals surface area contributed by atoms with Gasteiger partial charge >= 0.3 is 5.97 Å². The molecule has 1 aromatic rings. The molecule has 0 saturated carbocycles. The van der Waals surface area contributed by atoms with Crippen LogP contribution in [0.3, 0.4) is 0 Å². The molecule has 0 aliphatic heterocycles. The van der Waals surface area contributed by atoms with E-state index in [4.69, 9.17) is 4.74 Å². The quantitative estimate of drug-likeness (QED) is 0.756. The molecule has 1 unspecified atom stereocenters. The largest absolute Gasteiger partial charge is 0.462 e. The fourth-order valence-corrected chi connectivity index (χ4v) is 2.73. The molecular weight excluding hydrogens is 274 g/mol. The van der Waals surface area contributed by atoms with Crippen molar-refractivity contribution < 1.29 is 18.3 Å². The molecule has 0 saturated heterocycles. The number of carbonyl (C=O) groups is 1. The van der Waals surface area contributed by atoms with Crippen molar-refractivity contribution in [2.75, 3.05) is 0 Å². The van der Waals surface area contributed by atoms with Crippen molar-refractivity contribution in [1.82, 2.24) is 0 Å². The van der Waals surface area contributed by atoms with Crippen molar-refractivity contribution in [2.24, 2.45) is 0 Å². The van der Waals surface area contributed by atoms with Crippen molar-refractivity contribution in [3.05, 3.63) is 41.0 Å². The number of carbonyl (C=O) groups excluding carboxylic acids is 1. The maximum Gasteiger partial charge on any atom is 0.306 e. The molecule has 21 heavy (non-hydrogen) atoms. The van der Waals surface area contributed by atoms with E-state index in [9.17, 15) is 13.6 Å². The maximum absolute atomic E-state index is 13.9. The van der Waals surface area contributed by atoms with E-state index in [-0.39, 0.29) is 12.1 Å². The van der Waals surface area contributed by atoms with Crippen LogP contribution in [0.15, 0.2) is 23.8 Å². The molecule has 114 valence electrons. The minimum atomic E-state index is -0.573. The second-order valence-corrected chi connectivity index (χ2v) is 5.49. The van der Waals surface area contributed by atoms with Gasteiger partial charge in [-0.15, -0.1) is 0 Å². The van der Waals surface area contributed by atoms with Gasteiger partial charge < -0.3 is 4.74 Å². The Morgan fingerprint density at radius 1 is 1.38 bits per heavy atom. The molecule has 0 fully saturated rings. The minimum absolute atomic E-state index is 0.128. The zero-order chi connectivity index (χ0) is 15.4. The van der Waals surface area contributed by atoms with Gasteiger partial charge in [0, 0.05) is 24.5 Å². The summed E-state index contributed by atoms with van der Waals surface area (Å²) in [7, 11) is 0. The van der Waals surface area contributed by atoms with Crippen LogP contribution in [0.5, 0.6) is 0 Å². The number of halogens is 2. The van der Waals surface area contributed by atoms with Crippen LogP contribution in [-0.2, 0) is 9.53 Å². The number of hydrogen-bond donors (Lipinski definition) is 0. The molecule has 0 radical (unpaired) electrons. The number of ether oxygens (including phenoxy) is 1. The second-order valence-electron chi connectivity index (χ2n) is 5.49. The van der Waals surface area contributed by atoms with E-state index in [1.807, 2.05) is 13.8 Å². The van der Waals surface area contributed by atoms with E-state index in [0.717, 1.165) is 23.6 Å². The highest BCUT2D eigenvalue weighted by molar-refractivity contribution is 5.71. The first-order chi connectivity index (χ1) is 10.0. The molecule has 4 heteroatoms. The predicted octanol–water partition coefficient (Wildman–Crippen LogP) is 4.63. The topological polar surface area (TPSA) is 26.3 Å². The van der Waals surface area contributed by atoms with E-state index >= 15 is 0 Å². The zero-order valence-corrected chi connectivity index (χ0v) is 12.4. The van der Waals surface area contributed by atoms with Crippen LogP contribution >= 0.6 is 0 Å². The molecule has 1 atom stereocenters. The summed E-state index contributed by atoms with van der Waals surface area (Å²) in [5.41, 5.74) is 2.35. The van der Waals surface area contributed by atoms with Gasteiger partial charge in [0.25, 0.3) is 0 Å². The molecule has 0 bridgehead atoms. The van der Waals surface area contributed by atoms with Crippen molar-refractivity contribution in [1.29, 1.82) is 0 Å². The van der Waals surface area contributed by atoms with Crippen LogP contribution in [-0.4, -0.2) is 12.1 Å². The number of rotatable bonds is 4. The lowest BCUT2D eigenvalue weighted by Gasteiger charge is -2.26. The Labute approximate surface area is 123 Å². The van der Waals surface area contributed by atoms with Crippen LogP contribution in [0.4, 0.5) is 8.78 Å². The standard InChI is InChI=1S/C17H20F2O2/c1-3-4-17(20)21-13-6-8-14(11(2)9-13)15-7-5-12(18)10-16(15)19/h5,7,10,13H,3-4,6,8-9H2,1-2H3. The summed E-state index contributed by atoms with van der Waals surface area (Å²) in [4.78, 5) is 11.5. The summed E-state index contributed by atoms with van der Waals surface area (Å²) in [6, 6.07) is 3.65. The van der Waals surface area contributed by atoms with E-state index in [2.05, 4.69) is 0 Å². The van der Waals surface area contributed by atoms with Gasteiger partial charge in [-0.1, -0.05) is 12.5 Å². The molecule has 1 aliphatic carbocycles. The first kappa shape index (κ1) is 15.7. The summed E-state index contributed by atoms with van der Waals surface area (Å²) in [5, 5.41) is 0. The van der Waals surface area contributed by atoms with E-state index in [0.29, 0.717) is 31.2 Å². The Kier molecular flexibility index (Phi) is 5.10. The lowest BCUT2D eigenvalue weighted by molar-refractivity contribution is -0.149. The molecule has 0 spiro atoms. The lowest BCUT2D eigenvalue weighted by atomic mass is 9.86. The van der Waals surface area contributed by atoms with Gasteiger partial charge in [0.15, 0.2) is 0 Å². The van der Waals surface area contributed by atoms with Gasteiger partial charge in [-0.2, -0.15) is 0 Å². The summed E-state index contributed by atoms with van der Waals surface area (Å²) >= 11 is 0. The monoisotopic (exact) mass is 294 g/mol. The molecule has 0 N–H and O–H groups in total. The fourth-order valence-electron chi connectivity index (χ4n) is 2.73. The highest BCUT2D eigenvalue weighted by Gasteiger charge is 2.23. The van der Waals surface area contributed by atoms with Crippen LogP contribution in [0, 0.1) is 11.6 Å². The molecule has 1 aromatic carbocycles. The summed E-state index contributed by atoms with van der Waals surface area (Å²) in [6.45, 7) is 3.85. The normalized spacial score (nSPS) is 18.8. The molecule has 0 heterocycles. The molecule has 2 nitrogen and oxygen atoms in total. The number of esters is 1. The molecule has 0 amide bonds. The average Bonchev–Trinajstić information content (AvgIpc) is 2.40. The molecule has 2 rings (SSSR count). The van der Waals surface area contributed by atoms with Crippen molar-refractivity contribution >= 4 is 11.5 Å². The summed E-state index contributed by atoms with van der Waals surface area (Å²) < 4.78 is 32.2. The van der Waals surface area contributed by atoms with Crippen molar-refractivity contribution in [3.8, 4) is 0 Å². The van der Waals surface area contributed by atoms with Gasteiger partial charge in [-0.3, -0.25) is 4.79 Å². The van der Waals surface area contributed by atoms with Crippen molar-refractivity contribution in [2.45, 2.75) is 52.1 Å². The maximum atomic E-state index is 13.9. The van der Waals surface area contributed by atoms with Gasteiger partial charge in [-0.05, 0) is 43.9 Å². The minimum Gasteiger partial charge on any atom is -0.462 e. The third-order valence-corrected chi connectivity index (χ3v) is 3.77. The second kappa shape index (κ2) is 6.83. The SMILES string of the molecule is CCCC(=O)OC1CCC(c2ccc(F)cc2F)=C(C)C1. The van der Waals surface area contributed by atoms with Crippen LogP contribution in [0.2, 0.25) is 0 Å². The van der Waals surface area contributed by atoms with Crippen LogP contribution in [0.25, 0.3) is 5.57 Å². The zero-order valence-electron chi connectivity index (χ0n) is 12.4. The third-order valence-electron chi connectivity index (χ3n) is 3.77. The Hall–Kier alpha value is -1.71. The molecular formula is C17H20F2O2. The first-order valence-corrected chi connectivity index (χ1v) is 7.34. The molecule has 1 aliphatic rings. The van der Waals surface area contributed by atoms with Gasteiger partial charge in [-0.25, -0.2) is 8.78 Å². The first-order valence-electron chi connectivity index (χ1n) is 7.34. The Morgan fingerprint density at radius 3 is 2.76 bits per heavy atom. The average molecular weight is 294 g/mol. The van der Waals surface area contributed by atoms with E-state index in [1.54, 1.807) is 0 Å². The van der Waals surface area contributed by atoms with Crippen LogP contribution in [0.1, 0.15) is 51.5 Å². The smallest absolute Gasteiger partial charge is 0.306 e. The fraction of sp³-hybridized carbons (Fsp3) is 0.471. The van der Waals surface area contributed by atoms with Gasteiger partial charge in [0.2, 0.25) is 0 Å². The van der Waals surface area contributed by atoms with E-state index in [1.165, 1.54) is 12.1 Å². The number of allylic oxidation sites excluding steroid dienone is 1. The van der Waals surface area contributed by atoms with Gasteiger partial charge in [0.05, 0.1) is 0 Å². The number of benzene rings is 1. The van der Waals surface area contributed by atoms with Crippen molar-refractivity contribution in [3.63, 3.8) is 0 Å². The lowest BCUT2D eigenvalue weighted by Crippen LogP contribution is -2.22. The molecule has 0 aromatic heterocycles.